The summed E-state index contributed by atoms with van der Waals surface area (Å²) >= 11 is 0. The molecule has 1 aromatic carbocycles. The summed E-state index contributed by atoms with van der Waals surface area (Å²) in [4.78, 5) is 12.0. The molecule has 0 aliphatic rings. The Morgan fingerprint density at radius 1 is 1.33 bits per heavy atom. The zero-order valence-corrected chi connectivity index (χ0v) is 11.7. The van der Waals surface area contributed by atoms with Crippen LogP contribution in [0, 0.1) is 13.8 Å². The molecule has 0 fully saturated rings. The van der Waals surface area contributed by atoms with Gasteiger partial charge < -0.3 is 10.1 Å². The number of aryl methyl sites for hydroxylation is 2. The van der Waals surface area contributed by atoms with Gasteiger partial charge in [0.25, 0.3) is 0 Å². The molecule has 0 bridgehead atoms. The first kappa shape index (κ1) is 14.7. The van der Waals surface area contributed by atoms with E-state index in [0.29, 0.717) is 6.61 Å². The monoisotopic (exact) mass is 249 g/mol. The Labute approximate surface area is 110 Å². The quantitative estimate of drug-likeness (QED) is 0.788. The minimum Gasteiger partial charge on any atom is -0.465 e. The number of nitrogens with one attached hydrogen (secondary N) is 1. The third kappa shape index (κ3) is 3.84. The van der Waals surface area contributed by atoms with E-state index in [1.165, 1.54) is 5.56 Å². The molecule has 0 aromatic heterocycles. The summed E-state index contributed by atoms with van der Waals surface area (Å²) in [6.07, 6.45) is 0.987. The van der Waals surface area contributed by atoms with Gasteiger partial charge in [0, 0.05) is 0 Å². The van der Waals surface area contributed by atoms with Gasteiger partial charge in [0.2, 0.25) is 0 Å². The first-order chi connectivity index (χ1) is 8.60. The van der Waals surface area contributed by atoms with Crippen molar-refractivity contribution in [3.05, 3.63) is 34.9 Å². The summed E-state index contributed by atoms with van der Waals surface area (Å²) in [6, 6.07) is 5.78. The Kier molecular flexibility index (Phi) is 5.86. The number of carbonyl (C=O) groups excluding carboxylic acids is 1. The van der Waals surface area contributed by atoms with Gasteiger partial charge in [0.15, 0.2) is 0 Å². The number of rotatable bonds is 6. The molecule has 0 radical (unpaired) electrons. The predicted octanol–water partition coefficient (Wildman–Crippen LogP) is 2.91. The van der Waals surface area contributed by atoms with Gasteiger partial charge in [-0.2, -0.15) is 0 Å². The second kappa shape index (κ2) is 7.17. The lowest BCUT2D eigenvalue weighted by Gasteiger charge is -2.19. The zero-order chi connectivity index (χ0) is 13.5. The highest BCUT2D eigenvalue weighted by atomic mass is 16.5. The summed E-state index contributed by atoms with van der Waals surface area (Å²) in [5.74, 6) is -0.196. The molecule has 1 N–H and O–H groups in total. The fourth-order valence-corrected chi connectivity index (χ4v) is 1.98. The highest BCUT2D eigenvalue weighted by molar-refractivity contribution is 5.78. The van der Waals surface area contributed by atoms with E-state index in [0.717, 1.165) is 24.1 Å². The van der Waals surface area contributed by atoms with Crippen molar-refractivity contribution in [3.8, 4) is 0 Å². The molecule has 0 spiro atoms. The third-order valence-corrected chi connectivity index (χ3v) is 2.86. The van der Waals surface area contributed by atoms with Crippen molar-refractivity contribution in [3.63, 3.8) is 0 Å². The molecule has 0 aliphatic carbocycles. The van der Waals surface area contributed by atoms with Crippen molar-refractivity contribution in [2.45, 2.75) is 40.2 Å². The normalized spacial score (nSPS) is 12.2. The molecule has 0 heterocycles. The van der Waals surface area contributed by atoms with E-state index in [4.69, 9.17) is 4.74 Å². The van der Waals surface area contributed by atoms with Crippen LogP contribution in [0.5, 0.6) is 0 Å². The smallest absolute Gasteiger partial charge is 0.327 e. The lowest BCUT2D eigenvalue weighted by atomic mass is 9.99. The van der Waals surface area contributed by atoms with Crippen molar-refractivity contribution in [1.29, 1.82) is 0 Å². The highest BCUT2D eigenvalue weighted by Gasteiger charge is 2.22. The van der Waals surface area contributed by atoms with Crippen molar-refractivity contribution < 1.29 is 9.53 Å². The Hall–Kier alpha value is -1.35. The van der Waals surface area contributed by atoms with Crippen molar-refractivity contribution in [2.75, 3.05) is 13.2 Å². The van der Waals surface area contributed by atoms with Gasteiger partial charge >= 0.3 is 5.97 Å². The molecule has 0 aliphatic heterocycles. The average Bonchev–Trinajstić information content (AvgIpc) is 2.32. The topological polar surface area (TPSA) is 38.3 Å². The highest BCUT2D eigenvalue weighted by Crippen LogP contribution is 2.20. The second-order valence-electron chi connectivity index (χ2n) is 4.50. The van der Waals surface area contributed by atoms with Crippen LogP contribution in [0.2, 0.25) is 0 Å². The van der Waals surface area contributed by atoms with E-state index in [-0.39, 0.29) is 12.0 Å². The van der Waals surface area contributed by atoms with E-state index in [9.17, 15) is 4.79 Å². The van der Waals surface area contributed by atoms with Gasteiger partial charge in [0.05, 0.1) is 6.61 Å². The number of benzene rings is 1. The molecule has 0 saturated carbocycles. The van der Waals surface area contributed by atoms with Crippen LogP contribution >= 0.6 is 0 Å². The third-order valence-electron chi connectivity index (χ3n) is 2.86. The summed E-state index contributed by atoms with van der Waals surface area (Å²) in [6.45, 7) is 9.21. The SMILES string of the molecule is CCCNC(C(=O)OCC)c1ccc(C)cc1C. The maximum Gasteiger partial charge on any atom is 0.327 e. The predicted molar refractivity (Wildman–Crippen MR) is 73.6 cm³/mol. The van der Waals surface area contributed by atoms with Crippen molar-refractivity contribution in [2.24, 2.45) is 0 Å². The molecule has 100 valence electrons. The minimum atomic E-state index is -0.356. The summed E-state index contributed by atoms with van der Waals surface area (Å²) in [7, 11) is 0. The molecule has 0 amide bonds. The van der Waals surface area contributed by atoms with Crippen molar-refractivity contribution in [1.82, 2.24) is 5.32 Å². The van der Waals surface area contributed by atoms with Crippen LogP contribution in [0.3, 0.4) is 0 Å². The molecule has 3 nitrogen and oxygen atoms in total. The number of carbonyl (C=O) groups is 1. The van der Waals surface area contributed by atoms with E-state index >= 15 is 0 Å². The fraction of sp³-hybridized carbons (Fsp3) is 0.533. The van der Waals surface area contributed by atoms with Gasteiger partial charge in [0.1, 0.15) is 6.04 Å². The molecule has 1 aromatic rings. The fourth-order valence-electron chi connectivity index (χ4n) is 1.98. The average molecular weight is 249 g/mol. The van der Waals surface area contributed by atoms with Crippen LogP contribution in [0.4, 0.5) is 0 Å². The standard InChI is InChI=1S/C15H23NO2/c1-5-9-16-14(15(17)18-6-2)13-8-7-11(3)10-12(13)4/h7-8,10,14,16H,5-6,9H2,1-4H3. The first-order valence-electron chi connectivity index (χ1n) is 6.57. The Balaban J connectivity index is 2.97. The van der Waals surface area contributed by atoms with Gasteiger partial charge in [-0.25, -0.2) is 4.79 Å². The summed E-state index contributed by atoms with van der Waals surface area (Å²) in [5.41, 5.74) is 3.33. The van der Waals surface area contributed by atoms with E-state index < -0.39 is 0 Å². The maximum absolute atomic E-state index is 12.0. The van der Waals surface area contributed by atoms with Crippen LogP contribution in [0.15, 0.2) is 18.2 Å². The first-order valence-corrected chi connectivity index (χ1v) is 6.57. The largest absolute Gasteiger partial charge is 0.465 e. The van der Waals surface area contributed by atoms with E-state index in [2.05, 4.69) is 25.2 Å². The molecule has 1 rings (SSSR count). The molecule has 0 saturated heterocycles. The lowest BCUT2D eigenvalue weighted by Crippen LogP contribution is -2.31. The van der Waals surface area contributed by atoms with Crippen LogP contribution in [-0.4, -0.2) is 19.1 Å². The number of hydrogen-bond donors (Lipinski definition) is 1. The lowest BCUT2D eigenvalue weighted by molar-refractivity contribution is -0.145. The van der Waals surface area contributed by atoms with Gasteiger partial charge in [-0.15, -0.1) is 0 Å². The minimum absolute atomic E-state index is 0.196. The van der Waals surface area contributed by atoms with Crippen LogP contribution in [-0.2, 0) is 9.53 Å². The number of ether oxygens (including phenoxy) is 1. The second-order valence-corrected chi connectivity index (χ2v) is 4.50. The Morgan fingerprint density at radius 3 is 2.61 bits per heavy atom. The molecule has 3 heteroatoms. The number of hydrogen-bond acceptors (Lipinski definition) is 3. The summed E-state index contributed by atoms with van der Waals surface area (Å²) in [5, 5.41) is 3.26. The van der Waals surface area contributed by atoms with E-state index in [1.807, 2.05) is 26.0 Å². The van der Waals surface area contributed by atoms with Gasteiger partial charge in [-0.1, -0.05) is 30.7 Å². The molecule has 1 atom stereocenters. The number of esters is 1. The molecule has 1 unspecified atom stereocenters. The van der Waals surface area contributed by atoms with Crippen LogP contribution in [0.25, 0.3) is 0 Å². The van der Waals surface area contributed by atoms with E-state index in [1.54, 1.807) is 0 Å². The van der Waals surface area contributed by atoms with Crippen LogP contribution < -0.4 is 5.32 Å². The molecular weight excluding hydrogens is 226 g/mol. The molecular formula is C15H23NO2. The maximum atomic E-state index is 12.0. The zero-order valence-electron chi connectivity index (χ0n) is 11.7. The summed E-state index contributed by atoms with van der Waals surface area (Å²) < 4.78 is 5.14. The molecule has 18 heavy (non-hydrogen) atoms. The Morgan fingerprint density at radius 2 is 2.06 bits per heavy atom. The van der Waals surface area contributed by atoms with Gasteiger partial charge in [-0.3, -0.25) is 0 Å². The Bertz CT molecular complexity index is 401. The van der Waals surface area contributed by atoms with Crippen molar-refractivity contribution >= 4 is 5.97 Å². The van der Waals surface area contributed by atoms with Crippen LogP contribution in [0.1, 0.15) is 43.0 Å². The van der Waals surface area contributed by atoms with Gasteiger partial charge in [-0.05, 0) is 44.9 Å².